The van der Waals surface area contributed by atoms with Crippen LogP contribution in [0.4, 0.5) is 0 Å². The first kappa shape index (κ1) is 15.3. The molecule has 0 aromatic rings. The van der Waals surface area contributed by atoms with Crippen LogP contribution < -0.4 is 5.32 Å². The largest absolute Gasteiger partial charge is 0.342 e. The van der Waals surface area contributed by atoms with Crippen molar-refractivity contribution in [3.8, 4) is 0 Å². The number of piperazine rings is 1. The van der Waals surface area contributed by atoms with Gasteiger partial charge in [-0.3, -0.25) is 9.59 Å². The van der Waals surface area contributed by atoms with Crippen LogP contribution in [0.2, 0.25) is 0 Å². The number of carbonyl (C=O) groups is 2. The van der Waals surface area contributed by atoms with Crippen LogP contribution in [0.1, 0.15) is 59.8 Å². The lowest BCUT2D eigenvalue weighted by Crippen LogP contribution is -2.64. The number of hydrogen-bond donors (Lipinski definition) is 1. The fraction of sp³-hybridized carbons (Fsp3) is 0.875. The molecule has 4 heteroatoms. The maximum atomic E-state index is 12.8. The Hall–Kier alpha value is -1.06. The third kappa shape index (κ3) is 3.15. The lowest BCUT2D eigenvalue weighted by atomic mass is 9.83. The predicted octanol–water partition coefficient (Wildman–Crippen LogP) is 2.33. The van der Waals surface area contributed by atoms with E-state index in [4.69, 9.17) is 0 Å². The van der Waals surface area contributed by atoms with Gasteiger partial charge in [-0.1, -0.05) is 47.0 Å². The molecule has 1 aliphatic heterocycles. The van der Waals surface area contributed by atoms with Gasteiger partial charge in [-0.25, -0.2) is 0 Å². The highest BCUT2D eigenvalue weighted by atomic mass is 16.2. The van der Waals surface area contributed by atoms with Gasteiger partial charge in [0.15, 0.2) is 0 Å². The van der Waals surface area contributed by atoms with Gasteiger partial charge < -0.3 is 10.2 Å². The SMILES string of the molecule is CC1CCCCCC1N1CC(=O)NC(C(C)(C)C)C1=O. The van der Waals surface area contributed by atoms with Crippen molar-refractivity contribution in [2.24, 2.45) is 11.3 Å². The van der Waals surface area contributed by atoms with E-state index in [0.29, 0.717) is 5.92 Å². The molecule has 1 heterocycles. The Kier molecular flexibility index (Phi) is 4.40. The Bertz CT molecular complexity index is 386. The number of nitrogens with zero attached hydrogens (tertiary/aromatic N) is 1. The maximum absolute atomic E-state index is 12.8. The Labute approximate surface area is 122 Å². The van der Waals surface area contributed by atoms with E-state index in [1.54, 1.807) is 0 Å². The average Bonchev–Trinajstić information content (AvgIpc) is 2.55. The Morgan fingerprint density at radius 1 is 1.10 bits per heavy atom. The lowest BCUT2D eigenvalue weighted by molar-refractivity contribution is -0.151. The van der Waals surface area contributed by atoms with Crippen LogP contribution >= 0.6 is 0 Å². The summed E-state index contributed by atoms with van der Waals surface area (Å²) in [5.41, 5.74) is -0.237. The molecule has 1 N–H and O–H groups in total. The number of rotatable bonds is 1. The molecule has 2 aliphatic rings. The molecule has 1 aliphatic carbocycles. The van der Waals surface area contributed by atoms with Crippen LogP contribution in [-0.4, -0.2) is 35.3 Å². The van der Waals surface area contributed by atoms with Crippen LogP contribution in [0.15, 0.2) is 0 Å². The minimum absolute atomic E-state index is 0.0130. The third-order valence-electron chi connectivity index (χ3n) is 4.73. The summed E-state index contributed by atoms with van der Waals surface area (Å²) in [5, 5.41) is 2.88. The number of amides is 2. The summed E-state index contributed by atoms with van der Waals surface area (Å²) < 4.78 is 0. The zero-order valence-electron chi connectivity index (χ0n) is 13.2. The van der Waals surface area contributed by atoms with Gasteiger partial charge in [0.1, 0.15) is 6.04 Å². The first-order valence-corrected chi connectivity index (χ1v) is 7.90. The summed E-state index contributed by atoms with van der Waals surface area (Å²) in [6, 6.07) is -0.153. The van der Waals surface area contributed by atoms with E-state index in [1.165, 1.54) is 19.3 Å². The van der Waals surface area contributed by atoms with E-state index in [1.807, 2.05) is 25.7 Å². The van der Waals surface area contributed by atoms with E-state index in [0.717, 1.165) is 12.8 Å². The van der Waals surface area contributed by atoms with Crippen molar-refractivity contribution in [2.45, 2.75) is 71.9 Å². The fourth-order valence-corrected chi connectivity index (χ4v) is 3.47. The van der Waals surface area contributed by atoms with Crippen molar-refractivity contribution < 1.29 is 9.59 Å². The van der Waals surface area contributed by atoms with Gasteiger partial charge in [-0.05, 0) is 24.2 Å². The van der Waals surface area contributed by atoms with Crippen molar-refractivity contribution in [1.29, 1.82) is 0 Å². The van der Waals surface area contributed by atoms with Crippen LogP contribution in [0.25, 0.3) is 0 Å². The summed E-state index contributed by atoms with van der Waals surface area (Å²) in [5.74, 6) is 0.588. The van der Waals surface area contributed by atoms with Crippen molar-refractivity contribution in [2.75, 3.05) is 6.54 Å². The Morgan fingerprint density at radius 3 is 2.40 bits per heavy atom. The lowest BCUT2D eigenvalue weighted by Gasteiger charge is -2.43. The minimum atomic E-state index is -0.390. The van der Waals surface area contributed by atoms with Crippen molar-refractivity contribution in [3.05, 3.63) is 0 Å². The molecule has 114 valence electrons. The first-order valence-electron chi connectivity index (χ1n) is 7.90. The molecule has 0 radical (unpaired) electrons. The highest BCUT2D eigenvalue weighted by Gasteiger charge is 2.43. The van der Waals surface area contributed by atoms with Gasteiger partial charge in [0.25, 0.3) is 0 Å². The molecule has 3 atom stereocenters. The quantitative estimate of drug-likeness (QED) is 0.749. The fourth-order valence-electron chi connectivity index (χ4n) is 3.47. The van der Waals surface area contributed by atoms with E-state index >= 15 is 0 Å². The van der Waals surface area contributed by atoms with Crippen LogP contribution in [-0.2, 0) is 9.59 Å². The molecule has 2 rings (SSSR count). The minimum Gasteiger partial charge on any atom is -0.342 e. The molecule has 2 fully saturated rings. The molecule has 1 saturated heterocycles. The molecular formula is C16H28N2O2. The molecule has 0 aromatic heterocycles. The van der Waals surface area contributed by atoms with Gasteiger partial charge in [0, 0.05) is 6.04 Å². The van der Waals surface area contributed by atoms with E-state index in [2.05, 4.69) is 12.2 Å². The van der Waals surface area contributed by atoms with Crippen molar-refractivity contribution >= 4 is 11.8 Å². The highest BCUT2D eigenvalue weighted by Crippen LogP contribution is 2.31. The van der Waals surface area contributed by atoms with Crippen LogP contribution in [0.3, 0.4) is 0 Å². The second-order valence-corrected chi connectivity index (χ2v) is 7.52. The van der Waals surface area contributed by atoms with E-state index in [-0.39, 0.29) is 35.9 Å². The Balaban J connectivity index is 2.20. The molecule has 1 saturated carbocycles. The predicted molar refractivity (Wildman–Crippen MR) is 79.1 cm³/mol. The standard InChI is InChI=1S/C16H28N2O2/c1-11-8-6-5-7-9-12(11)18-10-13(19)17-14(15(18)20)16(2,3)4/h11-12,14H,5-10H2,1-4H3,(H,17,19). The van der Waals surface area contributed by atoms with Gasteiger partial charge in [-0.2, -0.15) is 0 Å². The van der Waals surface area contributed by atoms with Gasteiger partial charge in [0.2, 0.25) is 11.8 Å². The second-order valence-electron chi connectivity index (χ2n) is 7.52. The monoisotopic (exact) mass is 280 g/mol. The summed E-state index contributed by atoms with van der Waals surface area (Å²) >= 11 is 0. The Morgan fingerprint density at radius 2 is 1.75 bits per heavy atom. The summed E-state index contributed by atoms with van der Waals surface area (Å²) in [7, 11) is 0. The van der Waals surface area contributed by atoms with Crippen LogP contribution in [0, 0.1) is 11.3 Å². The van der Waals surface area contributed by atoms with Gasteiger partial charge >= 0.3 is 0 Å². The summed E-state index contributed by atoms with van der Waals surface area (Å²) in [6.45, 7) is 8.49. The van der Waals surface area contributed by atoms with Crippen molar-refractivity contribution in [1.82, 2.24) is 10.2 Å². The van der Waals surface area contributed by atoms with Gasteiger partial charge in [0.05, 0.1) is 6.54 Å². The molecule has 0 spiro atoms. The molecular weight excluding hydrogens is 252 g/mol. The zero-order chi connectivity index (χ0) is 14.9. The molecule has 3 unspecified atom stereocenters. The topological polar surface area (TPSA) is 49.4 Å². The van der Waals surface area contributed by atoms with Crippen molar-refractivity contribution in [3.63, 3.8) is 0 Å². The molecule has 0 aromatic carbocycles. The highest BCUT2D eigenvalue weighted by molar-refractivity contribution is 5.95. The maximum Gasteiger partial charge on any atom is 0.246 e. The molecule has 0 bridgehead atoms. The third-order valence-corrected chi connectivity index (χ3v) is 4.73. The summed E-state index contributed by atoms with van der Waals surface area (Å²) in [6.07, 6.45) is 5.86. The second kappa shape index (κ2) is 5.74. The first-order chi connectivity index (χ1) is 9.30. The van der Waals surface area contributed by atoms with Gasteiger partial charge in [-0.15, -0.1) is 0 Å². The normalized spacial score (nSPS) is 32.8. The number of hydrogen-bond acceptors (Lipinski definition) is 2. The smallest absolute Gasteiger partial charge is 0.246 e. The molecule has 4 nitrogen and oxygen atoms in total. The van der Waals surface area contributed by atoms with E-state index < -0.39 is 0 Å². The number of nitrogens with one attached hydrogen (secondary N) is 1. The average molecular weight is 280 g/mol. The molecule has 20 heavy (non-hydrogen) atoms. The molecule has 2 amide bonds. The van der Waals surface area contributed by atoms with E-state index in [9.17, 15) is 9.59 Å². The number of carbonyl (C=O) groups excluding carboxylic acids is 2. The summed E-state index contributed by atoms with van der Waals surface area (Å²) in [4.78, 5) is 26.7. The zero-order valence-corrected chi connectivity index (χ0v) is 13.2. The van der Waals surface area contributed by atoms with Crippen LogP contribution in [0.5, 0.6) is 0 Å².